The molecular weight excluding hydrogens is 252 g/mol. The van der Waals surface area contributed by atoms with Crippen LogP contribution in [-0.2, 0) is 5.75 Å². The third-order valence-electron chi connectivity index (χ3n) is 2.40. The standard InChI is InChI=1S/C14H9F2NS/c15-12-3-1-2-4-14(12)18-9-11-6-5-10(8-17)7-13(11)16/h1-7H,9H2. The molecule has 0 saturated carbocycles. The molecule has 0 saturated heterocycles. The lowest BCUT2D eigenvalue weighted by atomic mass is 10.1. The summed E-state index contributed by atoms with van der Waals surface area (Å²) in [5, 5.41) is 8.63. The Balaban J connectivity index is 2.12. The number of hydrogen-bond acceptors (Lipinski definition) is 2. The van der Waals surface area contributed by atoms with E-state index in [-0.39, 0.29) is 11.4 Å². The zero-order chi connectivity index (χ0) is 13.0. The van der Waals surface area contributed by atoms with Crippen LogP contribution in [-0.4, -0.2) is 0 Å². The van der Waals surface area contributed by atoms with E-state index in [9.17, 15) is 8.78 Å². The zero-order valence-corrected chi connectivity index (χ0v) is 10.2. The van der Waals surface area contributed by atoms with Gasteiger partial charge in [-0.05, 0) is 29.8 Å². The second-order valence-electron chi connectivity index (χ2n) is 3.64. The lowest BCUT2D eigenvalue weighted by molar-refractivity contribution is 0.601. The number of benzene rings is 2. The minimum Gasteiger partial charge on any atom is -0.207 e. The van der Waals surface area contributed by atoms with Crippen molar-refractivity contribution in [1.82, 2.24) is 0 Å². The molecule has 18 heavy (non-hydrogen) atoms. The first-order valence-electron chi connectivity index (χ1n) is 5.26. The first-order valence-corrected chi connectivity index (χ1v) is 6.25. The van der Waals surface area contributed by atoms with E-state index in [0.29, 0.717) is 16.2 Å². The minimum absolute atomic E-state index is 0.284. The molecule has 0 aromatic heterocycles. The molecule has 0 spiro atoms. The highest BCUT2D eigenvalue weighted by Gasteiger charge is 2.06. The van der Waals surface area contributed by atoms with Crippen molar-refractivity contribution in [3.05, 3.63) is 65.2 Å². The highest BCUT2D eigenvalue weighted by molar-refractivity contribution is 7.98. The molecule has 0 aliphatic rings. The fourth-order valence-electron chi connectivity index (χ4n) is 1.45. The molecule has 0 aliphatic heterocycles. The molecule has 4 heteroatoms. The van der Waals surface area contributed by atoms with Crippen LogP contribution in [0.4, 0.5) is 8.78 Å². The molecule has 2 aromatic rings. The summed E-state index contributed by atoms with van der Waals surface area (Å²) in [4.78, 5) is 0.487. The summed E-state index contributed by atoms with van der Waals surface area (Å²) in [5.74, 6) is -0.409. The van der Waals surface area contributed by atoms with Gasteiger partial charge < -0.3 is 0 Å². The van der Waals surface area contributed by atoms with Gasteiger partial charge in [-0.1, -0.05) is 18.2 Å². The predicted octanol–water partition coefficient (Wildman–Crippen LogP) is 4.13. The fourth-order valence-corrected chi connectivity index (χ4v) is 2.38. The van der Waals surface area contributed by atoms with Crippen molar-refractivity contribution in [3.8, 4) is 6.07 Å². The molecule has 0 N–H and O–H groups in total. The number of thioether (sulfide) groups is 1. The van der Waals surface area contributed by atoms with Crippen molar-refractivity contribution >= 4 is 11.8 Å². The van der Waals surface area contributed by atoms with E-state index in [1.165, 1.54) is 23.9 Å². The quantitative estimate of drug-likeness (QED) is 0.776. The van der Waals surface area contributed by atoms with Crippen molar-refractivity contribution in [2.24, 2.45) is 0 Å². The summed E-state index contributed by atoms with van der Waals surface area (Å²) in [7, 11) is 0. The van der Waals surface area contributed by atoms with Gasteiger partial charge in [0.15, 0.2) is 0 Å². The SMILES string of the molecule is N#Cc1ccc(CSc2ccccc2F)c(F)c1. The largest absolute Gasteiger partial charge is 0.207 e. The minimum atomic E-state index is -0.433. The maximum absolute atomic E-state index is 13.6. The fraction of sp³-hybridized carbons (Fsp3) is 0.0714. The van der Waals surface area contributed by atoms with E-state index in [2.05, 4.69) is 0 Å². The summed E-state index contributed by atoms with van der Waals surface area (Å²) in [6, 6.07) is 12.6. The maximum atomic E-state index is 13.6. The second kappa shape index (κ2) is 5.65. The Morgan fingerprint density at radius 2 is 1.83 bits per heavy atom. The van der Waals surface area contributed by atoms with Gasteiger partial charge >= 0.3 is 0 Å². The third kappa shape index (κ3) is 2.88. The number of rotatable bonds is 3. The third-order valence-corrected chi connectivity index (χ3v) is 3.50. The van der Waals surface area contributed by atoms with Crippen LogP contribution >= 0.6 is 11.8 Å². The summed E-state index contributed by atoms with van der Waals surface area (Å²) < 4.78 is 26.9. The Morgan fingerprint density at radius 3 is 2.50 bits per heavy atom. The van der Waals surface area contributed by atoms with Crippen LogP contribution in [0.1, 0.15) is 11.1 Å². The predicted molar refractivity (Wildman–Crippen MR) is 67.1 cm³/mol. The Hall–Kier alpha value is -1.86. The lowest BCUT2D eigenvalue weighted by Crippen LogP contribution is -1.90. The molecule has 0 fully saturated rings. The summed E-state index contributed by atoms with van der Waals surface area (Å²) >= 11 is 1.23. The van der Waals surface area contributed by atoms with Crippen molar-refractivity contribution < 1.29 is 8.78 Å². The van der Waals surface area contributed by atoms with Crippen LogP contribution in [0.25, 0.3) is 0 Å². The average molecular weight is 261 g/mol. The Bertz CT molecular complexity index is 605. The first-order chi connectivity index (χ1) is 8.70. The smallest absolute Gasteiger partial charge is 0.136 e. The monoisotopic (exact) mass is 261 g/mol. The van der Waals surface area contributed by atoms with Crippen molar-refractivity contribution in [2.45, 2.75) is 10.6 Å². The number of nitriles is 1. The van der Waals surface area contributed by atoms with Gasteiger partial charge in [0, 0.05) is 10.6 Å². The van der Waals surface area contributed by atoms with E-state index in [1.807, 2.05) is 6.07 Å². The van der Waals surface area contributed by atoms with Crippen molar-refractivity contribution in [1.29, 1.82) is 5.26 Å². The van der Waals surface area contributed by atoms with E-state index < -0.39 is 5.82 Å². The van der Waals surface area contributed by atoms with Crippen LogP contribution in [0.2, 0.25) is 0 Å². The molecule has 0 unspecified atom stereocenters. The Labute approximate surface area is 108 Å². The highest BCUT2D eigenvalue weighted by Crippen LogP contribution is 2.26. The molecule has 1 nitrogen and oxygen atoms in total. The molecule has 0 atom stereocenters. The molecule has 0 aliphatic carbocycles. The van der Waals surface area contributed by atoms with Gasteiger partial charge in [0.1, 0.15) is 11.6 Å². The Kier molecular flexibility index (Phi) is 3.96. The molecule has 2 rings (SSSR count). The number of nitrogens with zero attached hydrogens (tertiary/aromatic N) is 1. The van der Waals surface area contributed by atoms with E-state index in [0.717, 1.165) is 0 Å². The molecule has 90 valence electrons. The molecule has 2 aromatic carbocycles. The van der Waals surface area contributed by atoms with Crippen LogP contribution < -0.4 is 0 Å². The highest BCUT2D eigenvalue weighted by atomic mass is 32.2. The summed E-state index contributed by atoms with van der Waals surface area (Å²) in [6.07, 6.45) is 0. The first kappa shape index (κ1) is 12.6. The normalized spacial score (nSPS) is 10.1. The average Bonchev–Trinajstić information content (AvgIpc) is 2.39. The van der Waals surface area contributed by atoms with Crippen LogP contribution in [0.15, 0.2) is 47.4 Å². The maximum Gasteiger partial charge on any atom is 0.136 e. The summed E-state index contributed by atoms with van der Waals surface area (Å²) in [6.45, 7) is 0. The Morgan fingerprint density at radius 1 is 1.06 bits per heavy atom. The summed E-state index contributed by atoms with van der Waals surface area (Å²) in [5.41, 5.74) is 0.745. The number of hydrogen-bond donors (Lipinski definition) is 0. The number of halogens is 2. The van der Waals surface area contributed by atoms with E-state index in [4.69, 9.17) is 5.26 Å². The molecule has 0 amide bonds. The van der Waals surface area contributed by atoms with Gasteiger partial charge in [-0.15, -0.1) is 11.8 Å². The molecule has 0 radical (unpaired) electrons. The second-order valence-corrected chi connectivity index (χ2v) is 4.65. The van der Waals surface area contributed by atoms with Gasteiger partial charge in [0.25, 0.3) is 0 Å². The van der Waals surface area contributed by atoms with Crippen LogP contribution in [0.5, 0.6) is 0 Å². The van der Waals surface area contributed by atoms with E-state index in [1.54, 1.807) is 30.3 Å². The van der Waals surface area contributed by atoms with E-state index >= 15 is 0 Å². The van der Waals surface area contributed by atoms with Crippen molar-refractivity contribution in [2.75, 3.05) is 0 Å². The lowest BCUT2D eigenvalue weighted by Gasteiger charge is -2.04. The van der Waals surface area contributed by atoms with Crippen molar-refractivity contribution in [3.63, 3.8) is 0 Å². The zero-order valence-electron chi connectivity index (χ0n) is 9.36. The topological polar surface area (TPSA) is 23.8 Å². The molecule has 0 bridgehead atoms. The van der Waals surface area contributed by atoms with Crippen LogP contribution in [0, 0.1) is 23.0 Å². The van der Waals surface area contributed by atoms with Gasteiger partial charge in [0.05, 0.1) is 11.6 Å². The molecule has 0 heterocycles. The van der Waals surface area contributed by atoms with Gasteiger partial charge in [0.2, 0.25) is 0 Å². The van der Waals surface area contributed by atoms with Gasteiger partial charge in [-0.2, -0.15) is 5.26 Å². The van der Waals surface area contributed by atoms with Crippen LogP contribution in [0.3, 0.4) is 0 Å². The van der Waals surface area contributed by atoms with Gasteiger partial charge in [-0.3, -0.25) is 0 Å². The molecular formula is C14H9F2NS. The van der Waals surface area contributed by atoms with Gasteiger partial charge in [-0.25, -0.2) is 8.78 Å².